The van der Waals surface area contributed by atoms with Gasteiger partial charge >= 0.3 is 18.1 Å². The summed E-state index contributed by atoms with van der Waals surface area (Å²) in [6.07, 6.45) is 0.565. The second-order valence-corrected chi connectivity index (χ2v) is 8.40. The fourth-order valence-electron chi connectivity index (χ4n) is 4.09. The third-order valence-corrected chi connectivity index (χ3v) is 5.84. The molecule has 0 aliphatic carbocycles. The molecule has 2 fully saturated rings. The van der Waals surface area contributed by atoms with Crippen LogP contribution < -0.4 is 15.5 Å². The monoisotopic (exact) mass is 464 g/mol. The largest absolute Gasteiger partial charge is 0.458 e. The lowest BCUT2D eigenvalue weighted by Crippen LogP contribution is -2.49. The van der Waals surface area contributed by atoms with Gasteiger partial charge in [-0.25, -0.2) is 14.5 Å². The van der Waals surface area contributed by atoms with Gasteiger partial charge in [-0.15, -0.1) is 4.99 Å². The fourth-order valence-corrected chi connectivity index (χ4v) is 4.09. The number of aliphatic imine (C=N–C) groups is 1. The summed E-state index contributed by atoms with van der Waals surface area (Å²) >= 11 is 0. The molecule has 180 valence electrons. The Bertz CT molecular complexity index is 977. The highest BCUT2D eigenvalue weighted by atomic mass is 16.5. The Balaban J connectivity index is 1.36. The van der Waals surface area contributed by atoms with Gasteiger partial charge in [0.25, 0.3) is 0 Å². The van der Waals surface area contributed by atoms with Gasteiger partial charge in [-0.1, -0.05) is 43.3 Å². The zero-order chi connectivity index (χ0) is 23.8. The number of urea groups is 2. The van der Waals surface area contributed by atoms with Crippen LogP contribution in [0.1, 0.15) is 13.3 Å². The number of hydrogen-bond acceptors (Lipinski definition) is 5. The van der Waals surface area contributed by atoms with E-state index in [1.165, 1.54) is 10.6 Å². The van der Waals surface area contributed by atoms with Crippen molar-refractivity contribution in [3.05, 3.63) is 60.7 Å². The summed E-state index contributed by atoms with van der Waals surface area (Å²) in [5.41, 5.74) is 1.86. The molecular weight excluding hydrogens is 432 g/mol. The van der Waals surface area contributed by atoms with Crippen LogP contribution in [0.25, 0.3) is 0 Å². The van der Waals surface area contributed by atoms with Gasteiger partial charge in [-0.2, -0.15) is 0 Å². The summed E-state index contributed by atoms with van der Waals surface area (Å²) in [5, 5.41) is 5.56. The molecule has 2 aliphatic heterocycles. The van der Waals surface area contributed by atoms with E-state index in [1.807, 2.05) is 31.2 Å². The lowest BCUT2D eigenvalue weighted by Gasteiger charge is -2.36. The summed E-state index contributed by atoms with van der Waals surface area (Å²) in [4.78, 5) is 35.3. The van der Waals surface area contributed by atoms with Crippen molar-refractivity contribution in [2.45, 2.75) is 19.4 Å². The average Bonchev–Trinajstić information content (AvgIpc) is 3.26. The topological polar surface area (TPSA) is 89.5 Å². The SMILES string of the molecule is CCCNC(=O)N1CC(CN2CCN(c3ccccc3)CC2)O/C1=N\C(=O)Nc1ccccc1. The molecule has 0 radical (unpaired) electrons. The van der Waals surface area contributed by atoms with Crippen molar-refractivity contribution in [2.24, 2.45) is 4.99 Å². The van der Waals surface area contributed by atoms with E-state index >= 15 is 0 Å². The summed E-state index contributed by atoms with van der Waals surface area (Å²) in [6.45, 7) is 7.21. The number of nitrogens with zero attached hydrogens (tertiary/aromatic N) is 4. The number of piperazine rings is 1. The van der Waals surface area contributed by atoms with E-state index in [-0.39, 0.29) is 18.2 Å². The van der Waals surface area contributed by atoms with Crippen molar-refractivity contribution in [1.29, 1.82) is 0 Å². The van der Waals surface area contributed by atoms with Gasteiger partial charge in [-0.05, 0) is 30.7 Å². The molecule has 4 amide bonds. The minimum absolute atomic E-state index is 0.0370. The highest BCUT2D eigenvalue weighted by Crippen LogP contribution is 2.18. The van der Waals surface area contributed by atoms with Crippen molar-refractivity contribution < 1.29 is 14.3 Å². The van der Waals surface area contributed by atoms with Crippen molar-refractivity contribution in [2.75, 3.05) is 56.0 Å². The van der Waals surface area contributed by atoms with Crippen LogP contribution >= 0.6 is 0 Å². The highest BCUT2D eigenvalue weighted by molar-refractivity contribution is 6.02. The molecular formula is C25H32N6O3. The van der Waals surface area contributed by atoms with E-state index in [0.717, 1.165) is 32.6 Å². The number of hydrogen-bond donors (Lipinski definition) is 2. The van der Waals surface area contributed by atoms with Gasteiger partial charge in [0.05, 0.1) is 6.54 Å². The minimum atomic E-state index is -0.577. The summed E-state index contributed by atoms with van der Waals surface area (Å²) in [6, 6.07) is 18.6. The molecule has 9 heteroatoms. The number of para-hydroxylation sites is 2. The molecule has 2 aromatic carbocycles. The third kappa shape index (κ3) is 6.26. The van der Waals surface area contributed by atoms with E-state index < -0.39 is 6.03 Å². The van der Waals surface area contributed by atoms with Gasteiger partial charge < -0.3 is 20.3 Å². The molecule has 2 heterocycles. The summed E-state index contributed by atoms with van der Waals surface area (Å²) in [5.74, 6) is 0. The Labute approximate surface area is 200 Å². The molecule has 34 heavy (non-hydrogen) atoms. The lowest BCUT2D eigenvalue weighted by molar-refractivity contribution is 0.143. The molecule has 2 aliphatic rings. The van der Waals surface area contributed by atoms with E-state index in [1.54, 1.807) is 12.1 Å². The van der Waals surface area contributed by atoms with E-state index in [2.05, 4.69) is 49.7 Å². The van der Waals surface area contributed by atoms with Gasteiger partial charge in [-0.3, -0.25) is 4.90 Å². The normalized spacial score (nSPS) is 19.7. The maximum atomic E-state index is 12.7. The zero-order valence-electron chi connectivity index (χ0n) is 19.5. The molecule has 9 nitrogen and oxygen atoms in total. The second kappa shape index (κ2) is 11.5. The number of anilines is 2. The van der Waals surface area contributed by atoms with Gasteiger partial charge in [0, 0.05) is 50.6 Å². The number of carbonyl (C=O) groups is 2. The Morgan fingerprint density at radius 3 is 2.35 bits per heavy atom. The Hall–Kier alpha value is -3.59. The van der Waals surface area contributed by atoms with Crippen molar-refractivity contribution in [1.82, 2.24) is 15.1 Å². The van der Waals surface area contributed by atoms with Crippen LogP contribution in [0.15, 0.2) is 65.7 Å². The molecule has 4 rings (SSSR count). The summed E-state index contributed by atoms with van der Waals surface area (Å²) in [7, 11) is 0. The molecule has 2 aromatic rings. The molecule has 1 atom stereocenters. The standard InChI is InChI=1S/C25H32N6O3/c1-2-13-26-24(33)31-19-22(34-25(31)28-23(32)27-20-9-5-3-6-10-20)18-29-14-16-30(17-15-29)21-11-7-4-8-12-21/h3-12,22H,2,13-19H2,1H3,(H,26,33)(H,27,32)/b28-25-. The van der Waals surface area contributed by atoms with Crippen molar-refractivity contribution in [3.8, 4) is 0 Å². The maximum Gasteiger partial charge on any atom is 0.349 e. The van der Waals surface area contributed by atoms with Crippen LogP contribution in [0.3, 0.4) is 0 Å². The first-order valence-electron chi connectivity index (χ1n) is 11.8. The van der Waals surface area contributed by atoms with E-state index in [0.29, 0.717) is 25.3 Å². The predicted octanol–water partition coefficient (Wildman–Crippen LogP) is 3.22. The van der Waals surface area contributed by atoms with Crippen LogP contribution in [0.4, 0.5) is 21.0 Å². The quantitative estimate of drug-likeness (QED) is 0.685. The molecule has 0 bridgehead atoms. The first-order chi connectivity index (χ1) is 16.6. The Morgan fingerprint density at radius 1 is 1.00 bits per heavy atom. The number of benzene rings is 2. The zero-order valence-corrected chi connectivity index (χ0v) is 19.5. The molecule has 2 N–H and O–H groups in total. The molecule has 1 unspecified atom stereocenters. The van der Waals surface area contributed by atoms with Crippen LogP contribution in [0.2, 0.25) is 0 Å². The van der Waals surface area contributed by atoms with Crippen LogP contribution in [-0.4, -0.2) is 79.8 Å². The number of ether oxygens (including phenoxy) is 1. The number of nitrogens with one attached hydrogen (secondary N) is 2. The van der Waals surface area contributed by atoms with Gasteiger partial charge in [0.2, 0.25) is 0 Å². The van der Waals surface area contributed by atoms with Crippen molar-refractivity contribution in [3.63, 3.8) is 0 Å². The van der Waals surface area contributed by atoms with Crippen LogP contribution in [-0.2, 0) is 4.74 Å². The number of amides is 4. The minimum Gasteiger partial charge on any atom is -0.458 e. The third-order valence-electron chi connectivity index (χ3n) is 5.84. The second-order valence-electron chi connectivity index (χ2n) is 8.40. The molecule has 0 saturated carbocycles. The summed E-state index contributed by atoms with van der Waals surface area (Å²) < 4.78 is 6.00. The van der Waals surface area contributed by atoms with Gasteiger partial charge in [0.1, 0.15) is 6.10 Å². The van der Waals surface area contributed by atoms with Crippen molar-refractivity contribution >= 4 is 29.5 Å². The van der Waals surface area contributed by atoms with E-state index in [4.69, 9.17) is 4.74 Å². The van der Waals surface area contributed by atoms with E-state index in [9.17, 15) is 9.59 Å². The maximum absolute atomic E-state index is 12.7. The Kier molecular flexibility index (Phi) is 7.98. The van der Waals surface area contributed by atoms with Gasteiger partial charge in [0.15, 0.2) is 0 Å². The lowest BCUT2D eigenvalue weighted by atomic mass is 10.2. The fraction of sp³-hybridized carbons (Fsp3) is 0.400. The average molecular weight is 465 g/mol. The predicted molar refractivity (Wildman–Crippen MR) is 133 cm³/mol. The Morgan fingerprint density at radius 2 is 1.68 bits per heavy atom. The highest BCUT2D eigenvalue weighted by Gasteiger charge is 2.36. The smallest absolute Gasteiger partial charge is 0.349 e. The van der Waals surface area contributed by atoms with Crippen LogP contribution in [0.5, 0.6) is 0 Å². The number of amidine groups is 1. The first kappa shape index (κ1) is 23.6. The number of carbonyl (C=O) groups excluding carboxylic acids is 2. The number of rotatable bonds is 6. The first-order valence-corrected chi connectivity index (χ1v) is 11.8. The molecule has 0 spiro atoms. The molecule has 0 aromatic heterocycles. The van der Waals surface area contributed by atoms with Crippen LogP contribution in [0, 0.1) is 0 Å². The molecule has 2 saturated heterocycles.